The van der Waals surface area contributed by atoms with Crippen LogP contribution in [-0.2, 0) is 4.79 Å². The molecule has 31 heavy (non-hydrogen) atoms. The number of aromatic nitrogens is 2. The van der Waals surface area contributed by atoms with Crippen molar-refractivity contribution < 1.29 is 14.2 Å². The van der Waals surface area contributed by atoms with Crippen molar-refractivity contribution >= 4 is 23.7 Å². The fraction of sp³-hybridized carbons (Fsp3) is 0.478. The predicted molar refractivity (Wildman–Crippen MR) is 117 cm³/mol. The van der Waals surface area contributed by atoms with Crippen LogP contribution in [0.15, 0.2) is 35.5 Å². The number of hydrogen-bond donors (Lipinski definition) is 0. The van der Waals surface area contributed by atoms with Crippen molar-refractivity contribution in [2.24, 2.45) is 4.99 Å². The fourth-order valence-electron chi connectivity index (χ4n) is 4.93. The van der Waals surface area contributed by atoms with Crippen LogP contribution >= 0.6 is 0 Å². The van der Waals surface area contributed by atoms with Crippen LogP contribution in [0.5, 0.6) is 0 Å². The topological polar surface area (TPSA) is 65.0 Å². The molecule has 3 aliphatic heterocycles. The molecule has 8 heteroatoms. The third-order valence-electron chi connectivity index (χ3n) is 6.65. The van der Waals surface area contributed by atoms with Gasteiger partial charge in [-0.2, -0.15) is 4.57 Å². The first-order valence-electron chi connectivity index (χ1n) is 11.1. The second-order valence-corrected chi connectivity index (χ2v) is 8.71. The number of amides is 3. The van der Waals surface area contributed by atoms with Gasteiger partial charge in [-0.15, -0.1) is 0 Å². The van der Waals surface area contributed by atoms with E-state index in [0.29, 0.717) is 18.3 Å². The van der Waals surface area contributed by atoms with E-state index >= 15 is 0 Å². The van der Waals surface area contributed by atoms with Crippen molar-refractivity contribution in [3.8, 4) is 5.69 Å². The summed E-state index contributed by atoms with van der Waals surface area (Å²) in [6.07, 6.45) is 5.60. The molecule has 2 aromatic rings. The first-order chi connectivity index (χ1) is 15.0. The number of imide groups is 1. The summed E-state index contributed by atoms with van der Waals surface area (Å²) in [5, 5.41) is 0. The summed E-state index contributed by atoms with van der Waals surface area (Å²) >= 11 is 0. The second kappa shape index (κ2) is 7.60. The normalized spacial score (nSPS) is 21.4. The molecule has 1 atom stereocenters. The van der Waals surface area contributed by atoms with E-state index < -0.39 is 6.04 Å². The number of nitrogens with zero attached hydrogens (tertiary/aromatic N) is 6. The van der Waals surface area contributed by atoms with Gasteiger partial charge >= 0.3 is 12.0 Å². The third kappa shape index (κ3) is 3.17. The van der Waals surface area contributed by atoms with Crippen molar-refractivity contribution in [3.63, 3.8) is 0 Å². The lowest BCUT2D eigenvalue weighted by Gasteiger charge is -2.35. The quantitative estimate of drug-likeness (QED) is 0.712. The number of carbonyl (C=O) groups excluding carboxylic acids is 2. The largest absolute Gasteiger partial charge is 0.406 e. The first-order valence-corrected chi connectivity index (χ1v) is 11.1. The van der Waals surface area contributed by atoms with E-state index in [1.165, 1.54) is 29.1 Å². The van der Waals surface area contributed by atoms with Crippen molar-refractivity contribution in [2.75, 3.05) is 33.2 Å². The van der Waals surface area contributed by atoms with Gasteiger partial charge in [0.15, 0.2) is 0 Å². The molecule has 1 aromatic carbocycles. The van der Waals surface area contributed by atoms with Gasteiger partial charge < -0.3 is 4.90 Å². The number of aliphatic imine (C=N–C) groups is 1. The number of benzene rings is 1. The maximum absolute atomic E-state index is 13.5. The molecule has 0 spiro atoms. The maximum atomic E-state index is 13.5. The van der Waals surface area contributed by atoms with Gasteiger partial charge in [0.1, 0.15) is 17.6 Å². The van der Waals surface area contributed by atoms with Crippen molar-refractivity contribution in [1.82, 2.24) is 19.3 Å². The highest BCUT2D eigenvalue weighted by Gasteiger charge is 2.53. The highest BCUT2D eigenvalue weighted by molar-refractivity contribution is 6.19. The number of likely N-dealkylation sites (N-methyl/N-ethyl adjacent to an activating group) is 1. The van der Waals surface area contributed by atoms with Gasteiger partial charge in [-0.25, -0.2) is 9.36 Å². The Kier molecular flexibility index (Phi) is 4.89. The van der Waals surface area contributed by atoms with E-state index in [4.69, 9.17) is 4.99 Å². The minimum absolute atomic E-state index is 0.190. The zero-order valence-electron chi connectivity index (χ0n) is 18.4. The molecule has 8 nitrogen and oxygen atoms in total. The molecule has 0 saturated carbocycles. The molecule has 162 valence electrons. The molecular formula is C23H29N6O2+. The molecule has 4 heterocycles. The van der Waals surface area contributed by atoms with E-state index in [-0.39, 0.29) is 11.9 Å². The van der Waals surface area contributed by atoms with Crippen molar-refractivity contribution in [3.05, 3.63) is 41.7 Å². The lowest BCUT2D eigenvalue weighted by atomic mass is 10.1. The Morgan fingerprint density at radius 2 is 1.81 bits per heavy atom. The number of likely N-dealkylation sites (tertiary alicyclic amines) is 1. The van der Waals surface area contributed by atoms with Crippen LogP contribution in [0, 0.1) is 13.8 Å². The molecule has 1 unspecified atom stereocenters. The summed E-state index contributed by atoms with van der Waals surface area (Å²) < 4.78 is 3.97. The number of para-hydroxylation sites is 1. The Balaban J connectivity index is 1.48. The molecule has 0 N–H and O–H groups in total. The monoisotopic (exact) mass is 421 g/mol. The number of hydrogen-bond acceptors (Lipinski definition) is 4. The SMILES string of the molecule is Cc1ccccc1-n1c(C)c[n+]2c1N=C1C2C(=O)N(CCN2CCCCC2)C(=O)N1C. The van der Waals surface area contributed by atoms with Gasteiger partial charge in [-0.1, -0.05) is 29.6 Å². The summed E-state index contributed by atoms with van der Waals surface area (Å²) in [4.78, 5) is 36.5. The zero-order chi connectivity index (χ0) is 21.7. The highest BCUT2D eigenvalue weighted by atomic mass is 16.2. The summed E-state index contributed by atoms with van der Waals surface area (Å²) in [6, 6.07) is 7.23. The minimum Gasteiger partial charge on any atom is -0.302 e. The number of aryl methyl sites for hydroxylation is 2. The average molecular weight is 422 g/mol. The molecule has 3 amide bonds. The van der Waals surface area contributed by atoms with Crippen molar-refractivity contribution in [2.45, 2.75) is 39.2 Å². The van der Waals surface area contributed by atoms with E-state index in [1.807, 2.05) is 35.9 Å². The molecule has 0 bridgehead atoms. The number of rotatable bonds is 4. The highest BCUT2D eigenvalue weighted by Crippen LogP contribution is 2.31. The molecule has 5 rings (SSSR count). The molecule has 2 saturated heterocycles. The minimum atomic E-state index is -0.594. The van der Waals surface area contributed by atoms with E-state index in [2.05, 4.69) is 22.5 Å². The molecule has 2 fully saturated rings. The molecular weight excluding hydrogens is 392 g/mol. The average Bonchev–Trinajstić information content (AvgIpc) is 3.28. The van der Waals surface area contributed by atoms with E-state index in [1.54, 1.807) is 7.05 Å². The van der Waals surface area contributed by atoms with Crippen LogP contribution in [0.25, 0.3) is 5.69 Å². The van der Waals surface area contributed by atoms with E-state index in [9.17, 15) is 9.59 Å². The second-order valence-electron chi connectivity index (χ2n) is 8.71. The Hall–Kier alpha value is -3.00. The van der Waals surface area contributed by atoms with Crippen LogP contribution in [0.1, 0.15) is 36.6 Å². The number of urea groups is 1. The Labute approximate surface area is 182 Å². The lowest BCUT2D eigenvalue weighted by molar-refractivity contribution is -0.676. The standard InChI is InChI=1S/C23H29N6O2/c1-16-9-5-6-10-18(16)29-17(2)15-28-19-20(24-22(28)29)25(3)23(31)27(21(19)30)14-13-26-11-7-4-8-12-26/h5-6,9-10,15,19H,4,7-8,11-14H2,1-3H3/q+1. The number of piperidine rings is 1. The first kappa shape index (κ1) is 19.9. The lowest BCUT2D eigenvalue weighted by Crippen LogP contribution is -2.63. The molecule has 1 aromatic heterocycles. The number of fused-ring (bicyclic) bond motifs is 3. The number of carbonyl (C=O) groups is 2. The summed E-state index contributed by atoms with van der Waals surface area (Å²) in [5.74, 6) is 0.990. The van der Waals surface area contributed by atoms with Gasteiger partial charge in [0.25, 0.3) is 5.91 Å². The molecule has 0 aliphatic carbocycles. The van der Waals surface area contributed by atoms with Crippen LogP contribution < -0.4 is 4.57 Å². The number of imidazole rings is 1. The van der Waals surface area contributed by atoms with E-state index in [0.717, 1.165) is 36.6 Å². The van der Waals surface area contributed by atoms with Gasteiger partial charge in [0.05, 0.1) is 0 Å². The van der Waals surface area contributed by atoms with Gasteiger partial charge in [0.2, 0.25) is 11.9 Å². The smallest absolute Gasteiger partial charge is 0.302 e. The molecule has 3 aliphatic rings. The van der Waals surface area contributed by atoms with Gasteiger partial charge in [-0.05, 0) is 51.4 Å². The Morgan fingerprint density at radius 1 is 1.06 bits per heavy atom. The third-order valence-corrected chi connectivity index (χ3v) is 6.65. The Bertz CT molecular complexity index is 1080. The van der Waals surface area contributed by atoms with Crippen LogP contribution in [0.4, 0.5) is 10.7 Å². The zero-order valence-corrected chi connectivity index (χ0v) is 18.4. The van der Waals surface area contributed by atoms with Crippen LogP contribution in [0.2, 0.25) is 0 Å². The summed E-state index contributed by atoms with van der Waals surface area (Å²) in [7, 11) is 1.71. The van der Waals surface area contributed by atoms with Crippen LogP contribution in [0.3, 0.4) is 0 Å². The summed E-state index contributed by atoms with van der Waals surface area (Å²) in [5.41, 5.74) is 3.15. The van der Waals surface area contributed by atoms with Crippen LogP contribution in [-0.4, -0.2) is 70.3 Å². The van der Waals surface area contributed by atoms with Gasteiger partial charge in [-0.3, -0.25) is 14.6 Å². The number of amidine groups is 1. The molecule has 0 radical (unpaired) electrons. The predicted octanol–water partition coefficient (Wildman–Crippen LogP) is 2.35. The maximum Gasteiger partial charge on any atom is 0.406 e. The fourth-order valence-corrected chi connectivity index (χ4v) is 4.93. The van der Waals surface area contributed by atoms with Gasteiger partial charge in [0, 0.05) is 20.1 Å². The summed E-state index contributed by atoms with van der Waals surface area (Å²) in [6.45, 7) is 7.30. The Morgan fingerprint density at radius 3 is 2.55 bits per heavy atom. The van der Waals surface area contributed by atoms with Crippen molar-refractivity contribution in [1.29, 1.82) is 0 Å².